The van der Waals surface area contributed by atoms with Crippen LogP contribution in [0.3, 0.4) is 0 Å². The van der Waals surface area contributed by atoms with Gasteiger partial charge in [0.2, 0.25) is 0 Å². The van der Waals surface area contributed by atoms with Crippen LogP contribution in [0, 0.1) is 6.92 Å². The van der Waals surface area contributed by atoms with Crippen molar-refractivity contribution < 1.29 is 4.79 Å². The van der Waals surface area contributed by atoms with Crippen molar-refractivity contribution in [2.75, 3.05) is 13.1 Å². The normalized spacial score (nSPS) is 22.6. The number of hydrogen-bond acceptors (Lipinski definition) is 4. The van der Waals surface area contributed by atoms with Crippen molar-refractivity contribution in [3.05, 3.63) is 16.1 Å². The van der Waals surface area contributed by atoms with E-state index in [0.717, 1.165) is 38.0 Å². The Morgan fingerprint density at radius 2 is 2.44 bits per heavy atom. The molecule has 1 aromatic rings. The van der Waals surface area contributed by atoms with Crippen LogP contribution in [0.1, 0.15) is 30.5 Å². The zero-order valence-electron chi connectivity index (χ0n) is 9.90. The Bertz CT molecular complexity index is 375. The van der Waals surface area contributed by atoms with Gasteiger partial charge in [-0.05, 0) is 13.8 Å². The molecule has 16 heavy (non-hydrogen) atoms. The Kier molecular flexibility index (Phi) is 3.71. The second kappa shape index (κ2) is 5.06. The largest absolute Gasteiger partial charge is 0.300 e. The first kappa shape index (κ1) is 11.7. The van der Waals surface area contributed by atoms with Gasteiger partial charge in [-0.15, -0.1) is 11.3 Å². The standard InChI is InChI=1S/C12H18N2OS/c1-9-8-16-12(13-9)4-6-14-5-3-11(15)7-10(14)2/h8,10H,3-7H2,1-2H3. The first-order valence-corrected chi connectivity index (χ1v) is 6.70. The lowest BCUT2D eigenvalue weighted by Crippen LogP contribution is -2.41. The number of ketones is 1. The molecule has 2 heterocycles. The van der Waals surface area contributed by atoms with Gasteiger partial charge in [-0.1, -0.05) is 0 Å². The number of rotatable bonds is 3. The van der Waals surface area contributed by atoms with Crippen molar-refractivity contribution in [1.29, 1.82) is 0 Å². The van der Waals surface area contributed by atoms with Crippen LogP contribution in [0.15, 0.2) is 5.38 Å². The summed E-state index contributed by atoms with van der Waals surface area (Å²) < 4.78 is 0. The van der Waals surface area contributed by atoms with Crippen LogP contribution in [0.2, 0.25) is 0 Å². The number of nitrogens with zero attached hydrogens (tertiary/aromatic N) is 2. The minimum absolute atomic E-state index is 0.405. The minimum Gasteiger partial charge on any atom is -0.300 e. The van der Waals surface area contributed by atoms with Gasteiger partial charge in [-0.2, -0.15) is 0 Å². The van der Waals surface area contributed by atoms with Crippen molar-refractivity contribution in [3.63, 3.8) is 0 Å². The molecule has 1 unspecified atom stereocenters. The molecule has 0 spiro atoms. The van der Waals surface area contributed by atoms with Crippen molar-refractivity contribution in [2.45, 2.75) is 39.2 Å². The number of hydrogen-bond donors (Lipinski definition) is 0. The summed E-state index contributed by atoms with van der Waals surface area (Å²) in [6.45, 7) is 6.12. The molecule has 4 heteroatoms. The van der Waals surface area contributed by atoms with Crippen LogP contribution in [-0.2, 0) is 11.2 Å². The van der Waals surface area contributed by atoms with Gasteiger partial charge in [0.15, 0.2) is 0 Å². The molecule has 2 rings (SSSR count). The second-order valence-corrected chi connectivity index (χ2v) is 5.45. The third-order valence-corrected chi connectivity index (χ3v) is 4.13. The number of Topliss-reactive ketones (excluding diaryl/α,β-unsaturated/α-hetero) is 1. The predicted octanol–water partition coefficient (Wildman–Crippen LogP) is 2.05. The summed E-state index contributed by atoms with van der Waals surface area (Å²) in [5.74, 6) is 0.411. The SMILES string of the molecule is Cc1csc(CCN2CCC(=O)CC2C)n1. The maximum atomic E-state index is 11.3. The van der Waals surface area contributed by atoms with Crippen molar-refractivity contribution in [1.82, 2.24) is 9.88 Å². The second-order valence-electron chi connectivity index (χ2n) is 4.51. The molecule has 1 aromatic heterocycles. The fourth-order valence-corrected chi connectivity index (χ4v) is 2.90. The van der Waals surface area contributed by atoms with Crippen LogP contribution in [0.25, 0.3) is 0 Å². The lowest BCUT2D eigenvalue weighted by Gasteiger charge is -2.32. The molecule has 1 aliphatic rings. The number of aryl methyl sites for hydroxylation is 1. The van der Waals surface area contributed by atoms with Gasteiger partial charge in [0.05, 0.1) is 5.01 Å². The number of carbonyl (C=O) groups is 1. The Morgan fingerprint density at radius 1 is 1.62 bits per heavy atom. The fourth-order valence-electron chi connectivity index (χ4n) is 2.14. The summed E-state index contributed by atoms with van der Waals surface area (Å²) in [7, 11) is 0. The quantitative estimate of drug-likeness (QED) is 0.808. The summed E-state index contributed by atoms with van der Waals surface area (Å²) in [5, 5.41) is 3.31. The van der Waals surface area contributed by atoms with Gasteiger partial charge in [-0.3, -0.25) is 9.69 Å². The van der Waals surface area contributed by atoms with E-state index in [4.69, 9.17) is 0 Å². The summed E-state index contributed by atoms with van der Waals surface area (Å²) in [4.78, 5) is 18.1. The van der Waals surface area contributed by atoms with Crippen LogP contribution < -0.4 is 0 Å². The van der Waals surface area contributed by atoms with Gasteiger partial charge < -0.3 is 0 Å². The molecule has 88 valence electrons. The van der Waals surface area contributed by atoms with Crippen LogP contribution in [0.5, 0.6) is 0 Å². The third-order valence-electron chi connectivity index (χ3n) is 3.10. The molecule has 0 aromatic carbocycles. The number of likely N-dealkylation sites (tertiary alicyclic amines) is 1. The first-order chi connectivity index (χ1) is 7.65. The van der Waals surface area contributed by atoms with E-state index >= 15 is 0 Å². The van der Waals surface area contributed by atoms with Crippen LogP contribution in [0.4, 0.5) is 0 Å². The highest BCUT2D eigenvalue weighted by molar-refractivity contribution is 7.09. The zero-order chi connectivity index (χ0) is 11.5. The van der Waals surface area contributed by atoms with Gasteiger partial charge >= 0.3 is 0 Å². The maximum Gasteiger partial charge on any atom is 0.135 e. The number of piperidine rings is 1. The zero-order valence-corrected chi connectivity index (χ0v) is 10.7. The van der Waals surface area contributed by atoms with E-state index in [0.29, 0.717) is 11.8 Å². The number of aromatic nitrogens is 1. The molecule has 0 N–H and O–H groups in total. The van der Waals surface area contributed by atoms with Gasteiger partial charge in [0.25, 0.3) is 0 Å². The summed E-state index contributed by atoms with van der Waals surface area (Å²) in [6.07, 6.45) is 2.45. The average Bonchev–Trinajstić information content (AvgIpc) is 2.63. The lowest BCUT2D eigenvalue weighted by molar-refractivity contribution is -0.122. The number of thiazole rings is 1. The monoisotopic (exact) mass is 238 g/mol. The molecule has 1 saturated heterocycles. The Labute approximate surface area is 100 Å². The highest BCUT2D eigenvalue weighted by atomic mass is 32.1. The Balaban J connectivity index is 1.83. The molecule has 0 saturated carbocycles. The smallest absolute Gasteiger partial charge is 0.135 e. The molecular formula is C12H18N2OS. The number of carbonyl (C=O) groups excluding carboxylic acids is 1. The summed E-state index contributed by atoms with van der Waals surface area (Å²) in [6, 6.07) is 0.405. The van der Waals surface area contributed by atoms with E-state index in [1.165, 1.54) is 5.01 Å². The van der Waals surface area contributed by atoms with E-state index in [2.05, 4.69) is 22.2 Å². The molecule has 0 bridgehead atoms. The average molecular weight is 238 g/mol. The van der Waals surface area contributed by atoms with Crippen molar-refractivity contribution in [2.24, 2.45) is 0 Å². The molecule has 1 atom stereocenters. The van der Waals surface area contributed by atoms with Crippen molar-refractivity contribution >= 4 is 17.1 Å². The molecule has 1 aliphatic heterocycles. The van der Waals surface area contributed by atoms with E-state index in [9.17, 15) is 4.79 Å². The van der Waals surface area contributed by atoms with E-state index < -0.39 is 0 Å². The molecule has 0 radical (unpaired) electrons. The molecular weight excluding hydrogens is 220 g/mol. The van der Waals surface area contributed by atoms with E-state index in [-0.39, 0.29) is 0 Å². The first-order valence-electron chi connectivity index (χ1n) is 5.82. The van der Waals surface area contributed by atoms with Gasteiger partial charge in [0, 0.05) is 49.5 Å². The molecule has 1 fully saturated rings. The van der Waals surface area contributed by atoms with E-state index in [1.54, 1.807) is 11.3 Å². The lowest BCUT2D eigenvalue weighted by atomic mass is 10.0. The molecule has 3 nitrogen and oxygen atoms in total. The maximum absolute atomic E-state index is 11.3. The van der Waals surface area contributed by atoms with Crippen LogP contribution >= 0.6 is 11.3 Å². The Hall–Kier alpha value is -0.740. The van der Waals surface area contributed by atoms with Crippen molar-refractivity contribution in [3.8, 4) is 0 Å². The van der Waals surface area contributed by atoms with E-state index in [1.807, 2.05) is 6.92 Å². The highest BCUT2D eigenvalue weighted by Crippen LogP contribution is 2.16. The minimum atomic E-state index is 0.405. The third kappa shape index (κ3) is 2.89. The molecule has 0 aliphatic carbocycles. The summed E-state index contributed by atoms with van der Waals surface area (Å²) >= 11 is 1.74. The molecule has 0 amide bonds. The van der Waals surface area contributed by atoms with Gasteiger partial charge in [-0.25, -0.2) is 4.98 Å². The van der Waals surface area contributed by atoms with Crippen LogP contribution in [-0.4, -0.2) is 34.8 Å². The fraction of sp³-hybridized carbons (Fsp3) is 0.667. The topological polar surface area (TPSA) is 33.2 Å². The summed E-state index contributed by atoms with van der Waals surface area (Å²) in [5.41, 5.74) is 1.11. The predicted molar refractivity (Wildman–Crippen MR) is 65.8 cm³/mol. The van der Waals surface area contributed by atoms with Gasteiger partial charge in [0.1, 0.15) is 5.78 Å². The highest BCUT2D eigenvalue weighted by Gasteiger charge is 2.22. The Morgan fingerprint density at radius 3 is 3.06 bits per heavy atom.